The fraction of sp³-hybridized carbons (Fsp3) is 0.400. The van der Waals surface area contributed by atoms with E-state index < -0.39 is 34.4 Å². The molecule has 0 atom stereocenters. The minimum Gasteiger partial charge on any atom is -0.396 e. The maximum atomic E-state index is 13.9. The third kappa shape index (κ3) is 3.22. The van der Waals surface area contributed by atoms with Gasteiger partial charge in [0.15, 0.2) is 5.65 Å². The van der Waals surface area contributed by atoms with Gasteiger partial charge in [0.1, 0.15) is 0 Å². The van der Waals surface area contributed by atoms with Crippen LogP contribution in [0, 0.1) is 0 Å². The first-order chi connectivity index (χ1) is 9.66. The molecule has 0 saturated carbocycles. The Labute approximate surface area is 123 Å². The zero-order valence-corrected chi connectivity index (χ0v) is 11.6. The SMILES string of the molecule is OCCSC(F)(F)c1nnc2c(Cl)cc(C(F)(F)F)cn12. The van der Waals surface area contributed by atoms with Gasteiger partial charge in [-0.1, -0.05) is 23.4 Å². The molecule has 2 heterocycles. The van der Waals surface area contributed by atoms with Crippen molar-refractivity contribution in [1.29, 1.82) is 0 Å². The molecule has 4 nitrogen and oxygen atoms in total. The Morgan fingerprint density at radius 1 is 1.24 bits per heavy atom. The van der Waals surface area contributed by atoms with Crippen molar-refractivity contribution in [3.05, 3.63) is 28.7 Å². The van der Waals surface area contributed by atoms with Crippen molar-refractivity contribution >= 4 is 29.0 Å². The first-order valence-electron chi connectivity index (χ1n) is 5.41. The summed E-state index contributed by atoms with van der Waals surface area (Å²) >= 11 is 5.66. The second-order valence-electron chi connectivity index (χ2n) is 3.88. The van der Waals surface area contributed by atoms with Gasteiger partial charge in [0, 0.05) is 11.9 Å². The molecular formula is C10H7ClF5N3OS. The topological polar surface area (TPSA) is 50.4 Å². The zero-order chi connectivity index (χ0) is 15.8. The quantitative estimate of drug-likeness (QED) is 0.863. The van der Waals surface area contributed by atoms with Crippen LogP contribution in [0.4, 0.5) is 22.0 Å². The van der Waals surface area contributed by atoms with E-state index in [9.17, 15) is 22.0 Å². The van der Waals surface area contributed by atoms with Crippen LogP contribution in [-0.4, -0.2) is 32.1 Å². The van der Waals surface area contributed by atoms with Crippen LogP contribution in [0.2, 0.25) is 5.02 Å². The predicted octanol–water partition coefficient (Wildman–Crippen LogP) is 3.18. The molecule has 11 heteroatoms. The van der Waals surface area contributed by atoms with E-state index in [2.05, 4.69) is 10.2 Å². The number of halogens is 6. The van der Waals surface area contributed by atoms with Crippen LogP contribution >= 0.6 is 23.4 Å². The number of pyridine rings is 1. The van der Waals surface area contributed by atoms with Crippen molar-refractivity contribution in [3.8, 4) is 0 Å². The number of alkyl halides is 5. The molecule has 0 unspecified atom stereocenters. The van der Waals surface area contributed by atoms with E-state index in [4.69, 9.17) is 16.7 Å². The van der Waals surface area contributed by atoms with Crippen LogP contribution in [0.5, 0.6) is 0 Å². The second kappa shape index (κ2) is 5.58. The summed E-state index contributed by atoms with van der Waals surface area (Å²) in [6.45, 7) is -0.508. The number of fused-ring (bicyclic) bond motifs is 1. The van der Waals surface area contributed by atoms with Crippen molar-refractivity contribution in [2.45, 2.75) is 11.4 Å². The fourth-order valence-corrected chi connectivity index (χ4v) is 2.41. The van der Waals surface area contributed by atoms with E-state index in [0.29, 0.717) is 16.7 Å². The summed E-state index contributed by atoms with van der Waals surface area (Å²) in [5, 5.41) is 11.1. The molecule has 0 aliphatic heterocycles. The van der Waals surface area contributed by atoms with Gasteiger partial charge in [0.25, 0.3) is 0 Å². The molecule has 2 aromatic heterocycles. The second-order valence-corrected chi connectivity index (χ2v) is 5.50. The van der Waals surface area contributed by atoms with Crippen LogP contribution in [0.25, 0.3) is 5.65 Å². The van der Waals surface area contributed by atoms with Crippen molar-refractivity contribution in [1.82, 2.24) is 14.6 Å². The molecule has 116 valence electrons. The highest BCUT2D eigenvalue weighted by atomic mass is 35.5. The number of aromatic nitrogens is 3. The molecule has 1 N–H and O–H groups in total. The van der Waals surface area contributed by atoms with E-state index in [-0.39, 0.29) is 23.2 Å². The molecular weight excluding hydrogens is 341 g/mol. The first-order valence-corrected chi connectivity index (χ1v) is 6.78. The molecule has 0 aliphatic carbocycles. The lowest BCUT2D eigenvalue weighted by atomic mass is 10.3. The molecule has 0 aromatic carbocycles. The molecule has 0 spiro atoms. The number of hydrogen-bond acceptors (Lipinski definition) is 4. The number of aliphatic hydroxyl groups excluding tert-OH is 1. The summed E-state index contributed by atoms with van der Waals surface area (Å²) in [5.74, 6) is -1.29. The molecule has 21 heavy (non-hydrogen) atoms. The van der Waals surface area contributed by atoms with Crippen LogP contribution in [0.3, 0.4) is 0 Å². The van der Waals surface area contributed by atoms with Crippen molar-refractivity contribution < 1.29 is 27.1 Å². The highest BCUT2D eigenvalue weighted by Gasteiger charge is 2.39. The molecule has 0 aliphatic rings. The van der Waals surface area contributed by atoms with Crippen LogP contribution in [0.1, 0.15) is 11.4 Å². The number of rotatable bonds is 4. The smallest absolute Gasteiger partial charge is 0.396 e. The minimum atomic E-state index is -4.74. The van der Waals surface area contributed by atoms with Crippen molar-refractivity contribution in [2.24, 2.45) is 0 Å². The van der Waals surface area contributed by atoms with Crippen LogP contribution in [-0.2, 0) is 11.4 Å². The average Bonchev–Trinajstić information content (AvgIpc) is 2.80. The number of hydrogen-bond donors (Lipinski definition) is 1. The Morgan fingerprint density at radius 3 is 2.48 bits per heavy atom. The molecule has 2 rings (SSSR count). The number of thioether (sulfide) groups is 1. The summed E-state index contributed by atoms with van der Waals surface area (Å²) in [6, 6.07) is 0.592. The van der Waals surface area contributed by atoms with E-state index >= 15 is 0 Å². The van der Waals surface area contributed by atoms with Crippen molar-refractivity contribution in [2.75, 3.05) is 12.4 Å². The Balaban J connectivity index is 2.59. The first kappa shape index (κ1) is 16.2. The van der Waals surface area contributed by atoms with Gasteiger partial charge < -0.3 is 5.11 Å². The number of aliphatic hydroxyl groups is 1. The molecule has 0 saturated heterocycles. The normalized spacial score (nSPS) is 13.1. The molecule has 2 aromatic rings. The van der Waals surface area contributed by atoms with Crippen molar-refractivity contribution in [3.63, 3.8) is 0 Å². The third-order valence-electron chi connectivity index (χ3n) is 2.42. The maximum Gasteiger partial charge on any atom is 0.417 e. The molecule has 0 fully saturated rings. The predicted molar refractivity (Wildman–Crippen MR) is 66.4 cm³/mol. The highest BCUT2D eigenvalue weighted by Crippen LogP contribution is 2.40. The van der Waals surface area contributed by atoms with E-state index in [1.807, 2.05) is 0 Å². The van der Waals surface area contributed by atoms with E-state index in [1.165, 1.54) is 0 Å². The summed E-state index contributed by atoms with van der Waals surface area (Å²) in [6.07, 6.45) is -4.28. The number of nitrogens with zero attached hydrogens (tertiary/aromatic N) is 3. The fourth-order valence-electron chi connectivity index (χ4n) is 1.55. The van der Waals surface area contributed by atoms with Crippen LogP contribution < -0.4 is 0 Å². The van der Waals surface area contributed by atoms with Gasteiger partial charge in [-0.25, -0.2) is 0 Å². The molecule has 0 radical (unpaired) electrons. The zero-order valence-electron chi connectivity index (χ0n) is 10.0. The molecule has 0 amide bonds. The Morgan fingerprint density at radius 2 is 1.90 bits per heavy atom. The minimum absolute atomic E-state index is 0.0395. The monoisotopic (exact) mass is 347 g/mol. The lowest BCUT2D eigenvalue weighted by Gasteiger charge is -2.14. The third-order valence-corrected chi connectivity index (χ3v) is 3.63. The van der Waals surface area contributed by atoms with Gasteiger partial charge in [0.05, 0.1) is 17.2 Å². The van der Waals surface area contributed by atoms with E-state index in [0.717, 1.165) is 0 Å². The lowest BCUT2D eigenvalue weighted by Crippen LogP contribution is -2.16. The Kier molecular flexibility index (Phi) is 4.31. The van der Waals surface area contributed by atoms with Gasteiger partial charge in [-0.3, -0.25) is 4.40 Å². The summed E-state index contributed by atoms with van der Waals surface area (Å²) in [5.41, 5.74) is -1.49. The molecule has 0 bridgehead atoms. The van der Waals surface area contributed by atoms with Gasteiger partial charge in [-0.05, 0) is 6.07 Å². The Bertz CT molecular complexity index is 660. The van der Waals surface area contributed by atoms with E-state index in [1.54, 1.807) is 0 Å². The van der Waals surface area contributed by atoms with Gasteiger partial charge in [-0.2, -0.15) is 22.0 Å². The largest absolute Gasteiger partial charge is 0.417 e. The van der Waals surface area contributed by atoms with Crippen LogP contribution in [0.15, 0.2) is 12.3 Å². The summed E-state index contributed by atoms with van der Waals surface area (Å²) < 4.78 is 66.3. The average molecular weight is 348 g/mol. The summed E-state index contributed by atoms with van der Waals surface area (Å²) in [4.78, 5) is 0. The standard InChI is InChI=1S/C10H7ClF5N3OS/c11-6-3-5(9(12,13)14)4-19-7(6)17-18-8(19)10(15,16)21-2-1-20/h3-4,20H,1-2H2. The van der Waals surface area contributed by atoms with Gasteiger partial charge in [-0.15, -0.1) is 10.2 Å². The van der Waals surface area contributed by atoms with Gasteiger partial charge >= 0.3 is 11.4 Å². The lowest BCUT2D eigenvalue weighted by molar-refractivity contribution is -0.137. The highest BCUT2D eigenvalue weighted by molar-refractivity contribution is 7.99. The van der Waals surface area contributed by atoms with Gasteiger partial charge in [0.2, 0.25) is 5.82 Å². The maximum absolute atomic E-state index is 13.9. The Hall–Kier alpha value is -1.13. The summed E-state index contributed by atoms with van der Waals surface area (Å²) in [7, 11) is 0.